The summed E-state index contributed by atoms with van der Waals surface area (Å²) in [6.07, 6.45) is 0. The van der Waals surface area contributed by atoms with E-state index in [9.17, 15) is 9.59 Å². The van der Waals surface area contributed by atoms with E-state index in [0.29, 0.717) is 16.5 Å². The average molecular weight is 311 g/mol. The van der Waals surface area contributed by atoms with Gasteiger partial charge in [-0.15, -0.1) is 0 Å². The Kier molecular flexibility index (Phi) is 3.41. The number of benzene rings is 1. The highest BCUT2D eigenvalue weighted by atomic mass is 35.5. The Balaban J connectivity index is 1.83. The van der Waals surface area contributed by atoms with Crippen LogP contribution in [0, 0.1) is 5.92 Å². The van der Waals surface area contributed by atoms with Crippen molar-refractivity contribution in [3.8, 4) is 11.5 Å². The van der Waals surface area contributed by atoms with Crippen LogP contribution in [0.25, 0.3) is 0 Å². The van der Waals surface area contributed by atoms with E-state index in [0.717, 1.165) is 5.56 Å². The SMILES string of the molecule is CC(C)C1NC(=O)N(Cc2cc(Cl)c3c(c2)OCO3)C1=O. The highest BCUT2D eigenvalue weighted by Gasteiger charge is 2.39. The molecule has 2 aliphatic rings. The van der Waals surface area contributed by atoms with Crippen LogP contribution in [0.5, 0.6) is 11.5 Å². The fourth-order valence-electron chi connectivity index (χ4n) is 2.44. The second-order valence-electron chi connectivity index (χ2n) is 5.41. The van der Waals surface area contributed by atoms with Crippen LogP contribution in [0.15, 0.2) is 12.1 Å². The number of amides is 3. The zero-order valence-electron chi connectivity index (χ0n) is 11.7. The van der Waals surface area contributed by atoms with E-state index >= 15 is 0 Å². The number of carbonyl (C=O) groups is 2. The Morgan fingerprint density at radius 1 is 1.38 bits per heavy atom. The highest BCUT2D eigenvalue weighted by Crippen LogP contribution is 2.40. The summed E-state index contributed by atoms with van der Waals surface area (Å²) < 4.78 is 10.5. The van der Waals surface area contributed by atoms with Crippen molar-refractivity contribution in [3.63, 3.8) is 0 Å². The van der Waals surface area contributed by atoms with E-state index in [2.05, 4.69) is 5.32 Å². The molecule has 3 amide bonds. The monoisotopic (exact) mass is 310 g/mol. The fraction of sp³-hybridized carbons (Fsp3) is 0.429. The molecule has 21 heavy (non-hydrogen) atoms. The topological polar surface area (TPSA) is 67.9 Å². The molecule has 1 aromatic rings. The Bertz CT molecular complexity index is 617. The summed E-state index contributed by atoms with van der Waals surface area (Å²) in [6, 6.07) is 2.56. The molecule has 0 radical (unpaired) electrons. The van der Waals surface area contributed by atoms with Crippen molar-refractivity contribution in [1.82, 2.24) is 10.2 Å². The van der Waals surface area contributed by atoms with E-state index in [1.807, 2.05) is 13.8 Å². The van der Waals surface area contributed by atoms with Crippen molar-refractivity contribution >= 4 is 23.5 Å². The number of nitrogens with one attached hydrogen (secondary N) is 1. The lowest BCUT2D eigenvalue weighted by Gasteiger charge is -2.15. The highest BCUT2D eigenvalue weighted by molar-refractivity contribution is 6.32. The van der Waals surface area contributed by atoms with Gasteiger partial charge in [-0.1, -0.05) is 25.4 Å². The van der Waals surface area contributed by atoms with Gasteiger partial charge in [0, 0.05) is 0 Å². The van der Waals surface area contributed by atoms with Crippen LogP contribution in [0.2, 0.25) is 5.02 Å². The number of hydrogen-bond donors (Lipinski definition) is 1. The Labute approximate surface area is 127 Å². The molecule has 6 nitrogen and oxygen atoms in total. The molecule has 7 heteroatoms. The van der Waals surface area contributed by atoms with Crippen LogP contribution in [0.1, 0.15) is 19.4 Å². The molecule has 1 saturated heterocycles. The summed E-state index contributed by atoms with van der Waals surface area (Å²) in [6.45, 7) is 4.06. The number of imide groups is 1. The van der Waals surface area contributed by atoms with Gasteiger partial charge in [0.15, 0.2) is 11.5 Å². The van der Waals surface area contributed by atoms with Gasteiger partial charge in [0.05, 0.1) is 11.6 Å². The molecule has 0 spiro atoms. The lowest BCUT2D eigenvalue weighted by atomic mass is 10.0. The molecular weight excluding hydrogens is 296 g/mol. The first-order valence-corrected chi connectivity index (χ1v) is 7.05. The molecule has 1 unspecified atom stereocenters. The molecule has 1 fully saturated rings. The number of carbonyl (C=O) groups excluding carboxylic acids is 2. The van der Waals surface area contributed by atoms with Gasteiger partial charge in [0.1, 0.15) is 6.04 Å². The first-order valence-electron chi connectivity index (χ1n) is 6.67. The quantitative estimate of drug-likeness (QED) is 0.869. The fourth-order valence-corrected chi connectivity index (χ4v) is 2.72. The number of urea groups is 1. The predicted molar refractivity (Wildman–Crippen MR) is 75.3 cm³/mol. The van der Waals surface area contributed by atoms with Gasteiger partial charge in [-0.05, 0) is 23.6 Å². The van der Waals surface area contributed by atoms with E-state index in [-0.39, 0.29) is 31.2 Å². The largest absolute Gasteiger partial charge is 0.454 e. The van der Waals surface area contributed by atoms with Crippen LogP contribution < -0.4 is 14.8 Å². The second-order valence-corrected chi connectivity index (χ2v) is 5.81. The molecular formula is C14H15ClN2O4. The molecule has 1 aromatic carbocycles. The normalized spacial score (nSPS) is 20.4. The number of halogens is 1. The number of fused-ring (bicyclic) bond motifs is 1. The minimum atomic E-state index is -0.470. The molecule has 1 N–H and O–H groups in total. The standard InChI is InChI=1S/C14H15ClN2O4/c1-7(2)11-13(18)17(14(19)16-11)5-8-3-9(15)12-10(4-8)20-6-21-12/h3-4,7,11H,5-6H2,1-2H3,(H,16,19). The Morgan fingerprint density at radius 2 is 2.14 bits per heavy atom. The zero-order chi connectivity index (χ0) is 15.1. The Morgan fingerprint density at radius 3 is 2.81 bits per heavy atom. The van der Waals surface area contributed by atoms with Crippen molar-refractivity contribution in [2.24, 2.45) is 5.92 Å². The van der Waals surface area contributed by atoms with Crippen molar-refractivity contribution in [2.45, 2.75) is 26.4 Å². The average Bonchev–Trinajstić information content (AvgIpc) is 2.98. The van der Waals surface area contributed by atoms with E-state index in [1.165, 1.54) is 4.90 Å². The summed E-state index contributed by atoms with van der Waals surface area (Å²) >= 11 is 6.10. The van der Waals surface area contributed by atoms with E-state index in [1.54, 1.807) is 12.1 Å². The molecule has 0 saturated carbocycles. The van der Waals surface area contributed by atoms with Crippen molar-refractivity contribution in [2.75, 3.05) is 6.79 Å². The van der Waals surface area contributed by atoms with Crippen molar-refractivity contribution in [3.05, 3.63) is 22.7 Å². The van der Waals surface area contributed by atoms with Crippen LogP contribution >= 0.6 is 11.6 Å². The maximum atomic E-state index is 12.2. The summed E-state index contributed by atoms with van der Waals surface area (Å²) in [5.74, 6) is 0.859. The molecule has 0 aromatic heterocycles. The van der Waals surface area contributed by atoms with Gasteiger partial charge in [0.25, 0.3) is 5.91 Å². The van der Waals surface area contributed by atoms with Crippen molar-refractivity contribution in [1.29, 1.82) is 0 Å². The predicted octanol–water partition coefficient (Wildman–Crippen LogP) is 2.15. The van der Waals surface area contributed by atoms with Gasteiger partial charge in [-0.2, -0.15) is 0 Å². The second kappa shape index (κ2) is 5.11. The van der Waals surface area contributed by atoms with Gasteiger partial charge >= 0.3 is 6.03 Å². The molecule has 2 heterocycles. The number of nitrogens with zero attached hydrogens (tertiary/aromatic N) is 1. The summed E-state index contributed by atoms with van der Waals surface area (Å²) in [5, 5.41) is 3.10. The van der Waals surface area contributed by atoms with Gasteiger partial charge in [-0.3, -0.25) is 9.69 Å². The van der Waals surface area contributed by atoms with Gasteiger partial charge in [0.2, 0.25) is 6.79 Å². The number of ether oxygens (including phenoxy) is 2. The smallest absolute Gasteiger partial charge is 0.325 e. The maximum Gasteiger partial charge on any atom is 0.325 e. The molecule has 112 valence electrons. The summed E-state index contributed by atoms with van der Waals surface area (Å²) in [7, 11) is 0. The van der Waals surface area contributed by atoms with Crippen LogP contribution in [0.3, 0.4) is 0 Å². The lowest BCUT2D eigenvalue weighted by Crippen LogP contribution is -2.34. The summed E-state index contributed by atoms with van der Waals surface area (Å²) in [4.78, 5) is 25.4. The third-order valence-electron chi connectivity index (χ3n) is 3.55. The van der Waals surface area contributed by atoms with Crippen LogP contribution in [-0.4, -0.2) is 29.7 Å². The lowest BCUT2D eigenvalue weighted by molar-refractivity contribution is -0.128. The minimum Gasteiger partial charge on any atom is -0.454 e. The van der Waals surface area contributed by atoms with Crippen LogP contribution in [0.4, 0.5) is 4.79 Å². The minimum absolute atomic E-state index is 0.0480. The Hall–Kier alpha value is -1.95. The summed E-state index contributed by atoms with van der Waals surface area (Å²) in [5.41, 5.74) is 0.720. The van der Waals surface area contributed by atoms with Gasteiger partial charge < -0.3 is 14.8 Å². The molecule has 1 atom stereocenters. The maximum absolute atomic E-state index is 12.2. The molecule has 0 aliphatic carbocycles. The molecule has 3 rings (SSSR count). The third-order valence-corrected chi connectivity index (χ3v) is 3.83. The first kappa shape index (κ1) is 14.0. The number of hydrogen-bond acceptors (Lipinski definition) is 4. The third kappa shape index (κ3) is 2.40. The number of rotatable bonds is 3. The van der Waals surface area contributed by atoms with Crippen LogP contribution in [-0.2, 0) is 11.3 Å². The van der Waals surface area contributed by atoms with E-state index in [4.69, 9.17) is 21.1 Å². The van der Waals surface area contributed by atoms with Crippen molar-refractivity contribution < 1.29 is 19.1 Å². The molecule has 2 aliphatic heterocycles. The van der Waals surface area contributed by atoms with E-state index < -0.39 is 6.04 Å². The van der Waals surface area contributed by atoms with Gasteiger partial charge in [-0.25, -0.2) is 4.79 Å². The molecule has 0 bridgehead atoms. The zero-order valence-corrected chi connectivity index (χ0v) is 12.4. The first-order chi connectivity index (χ1) is 9.97.